The Labute approximate surface area is 212 Å². The molecule has 36 heavy (non-hydrogen) atoms. The molecule has 1 fully saturated rings. The maximum atomic E-state index is 14.2. The average Bonchev–Trinajstić information content (AvgIpc) is 2.87. The Morgan fingerprint density at radius 2 is 1.33 bits per heavy atom. The van der Waals surface area contributed by atoms with Gasteiger partial charge in [-0.25, -0.2) is 22.0 Å². The highest BCUT2D eigenvalue weighted by Gasteiger charge is 2.39. The van der Waals surface area contributed by atoms with E-state index in [9.17, 15) is 27.1 Å². The van der Waals surface area contributed by atoms with Crippen LogP contribution in [0.15, 0.2) is 48.5 Å². The molecule has 0 spiro atoms. The number of halogens is 6. The highest BCUT2D eigenvalue weighted by atomic mass is 35.5. The van der Waals surface area contributed by atoms with Crippen LogP contribution in [-0.2, 0) is 5.60 Å². The molecule has 2 nitrogen and oxygen atoms in total. The van der Waals surface area contributed by atoms with E-state index in [1.54, 1.807) is 24.3 Å². The lowest BCUT2D eigenvalue weighted by Crippen LogP contribution is -2.43. The quantitative estimate of drug-likeness (QED) is 0.200. The Balaban J connectivity index is 1.42. The minimum Gasteiger partial charge on any atom is -0.385 e. The maximum Gasteiger partial charge on any atom is 0.196 e. The van der Waals surface area contributed by atoms with Crippen molar-refractivity contribution in [1.82, 2.24) is 4.90 Å². The van der Waals surface area contributed by atoms with E-state index in [4.69, 9.17) is 11.6 Å². The minimum absolute atomic E-state index is 0.0421. The number of nitrogens with zero attached hydrogens (tertiary/aromatic N) is 1. The van der Waals surface area contributed by atoms with Gasteiger partial charge in [-0.15, -0.1) is 0 Å². The maximum absolute atomic E-state index is 14.2. The zero-order valence-electron chi connectivity index (χ0n) is 19.8. The van der Waals surface area contributed by atoms with Gasteiger partial charge in [0.15, 0.2) is 17.5 Å². The van der Waals surface area contributed by atoms with Crippen LogP contribution in [0.4, 0.5) is 22.0 Å². The number of aliphatic hydroxyl groups is 1. The van der Waals surface area contributed by atoms with E-state index in [1.807, 2.05) is 0 Å². The molecule has 0 aromatic heterocycles. The normalized spacial score (nSPS) is 16.0. The molecule has 1 aliphatic heterocycles. The van der Waals surface area contributed by atoms with Gasteiger partial charge in [0.2, 0.25) is 0 Å². The lowest BCUT2D eigenvalue weighted by Gasteiger charge is -2.40. The molecule has 0 bridgehead atoms. The van der Waals surface area contributed by atoms with Gasteiger partial charge in [-0.2, -0.15) is 0 Å². The second kappa shape index (κ2) is 10.9. The van der Waals surface area contributed by atoms with Gasteiger partial charge in [-0.1, -0.05) is 35.9 Å². The van der Waals surface area contributed by atoms with E-state index in [0.717, 1.165) is 24.0 Å². The Morgan fingerprint density at radius 3 is 1.83 bits per heavy atom. The van der Waals surface area contributed by atoms with Crippen molar-refractivity contribution in [2.45, 2.75) is 44.1 Å². The van der Waals surface area contributed by atoms with Crippen LogP contribution in [-0.4, -0.2) is 29.6 Å². The third-order valence-electron chi connectivity index (χ3n) is 7.16. The van der Waals surface area contributed by atoms with Gasteiger partial charge >= 0.3 is 0 Å². The molecule has 0 radical (unpaired) electrons. The van der Waals surface area contributed by atoms with Crippen molar-refractivity contribution in [3.05, 3.63) is 105 Å². The fourth-order valence-corrected chi connectivity index (χ4v) is 5.53. The Bertz CT molecular complexity index is 1130. The third-order valence-corrected chi connectivity index (χ3v) is 7.52. The van der Waals surface area contributed by atoms with Crippen LogP contribution in [0.1, 0.15) is 53.9 Å². The molecule has 3 aromatic carbocycles. The van der Waals surface area contributed by atoms with Crippen LogP contribution in [0.5, 0.6) is 0 Å². The predicted octanol–water partition coefficient (Wildman–Crippen LogP) is 7.24. The lowest BCUT2D eigenvalue weighted by atomic mass is 9.81. The Morgan fingerprint density at radius 1 is 0.833 bits per heavy atom. The highest BCUT2D eigenvalue weighted by Crippen LogP contribution is 2.42. The molecule has 0 saturated carbocycles. The summed E-state index contributed by atoms with van der Waals surface area (Å²) in [6.07, 6.45) is 1.89. The molecule has 3 aromatic rings. The van der Waals surface area contributed by atoms with Crippen molar-refractivity contribution >= 4 is 11.6 Å². The van der Waals surface area contributed by atoms with E-state index in [-0.39, 0.29) is 41.5 Å². The summed E-state index contributed by atoms with van der Waals surface area (Å²) in [5.74, 6) is -5.16. The number of likely N-dealkylation sites (tertiary alicyclic amines) is 1. The Hall–Kier alpha value is -2.48. The van der Waals surface area contributed by atoms with E-state index >= 15 is 0 Å². The molecule has 0 amide bonds. The first-order valence-corrected chi connectivity index (χ1v) is 12.3. The van der Waals surface area contributed by atoms with E-state index in [1.165, 1.54) is 31.2 Å². The van der Waals surface area contributed by atoms with Crippen LogP contribution in [0.3, 0.4) is 0 Å². The average molecular weight is 524 g/mol. The second-order valence-corrected chi connectivity index (χ2v) is 9.81. The summed E-state index contributed by atoms with van der Waals surface area (Å²) in [5.41, 5.74) is 0.0323. The monoisotopic (exact) mass is 523 g/mol. The first-order valence-electron chi connectivity index (χ1n) is 11.9. The Kier molecular flexibility index (Phi) is 8.03. The molecule has 1 saturated heterocycles. The molecule has 1 aliphatic rings. The minimum atomic E-state index is -1.64. The van der Waals surface area contributed by atoms with Crippen molar-refractivity contribution in [2.75, 3.05) is 19.6 Å². The first kappa shape index (κ1) is 26.6. The van der Waals surface area contributed by atoms with Gasteiger partial charge in [0.25, 0.3) is 0 Å². The third kappa shape index (κ3) is 5.43. The van der Waals surface area contributed by atoms with Crippen LogP contribution in [0.25, 0.3) is 0 Å². The molecule has 4 rings (SSSR count). The number of benzene rings is 3. The van der Waals surface area contributed by atoms with Crippen molar-refractivity contribution in [3.63, 3.8) is 0 Å². The number of piperidine rings is 1. The molecule has 0 unspecified atom stereocenters. The summed E-state index contributed by atoms with van der Waals surface area (Å²) in [7, 11) is 0. The van der Waals surface area contributed by atoms with Gasteiger partial charge in [0.1, 0.15) is 11.6 Å². The molecule has 192 valence electrons. The van der Waals surface area contributed by atoms with Crippen molar-refractivity contribution < 1.29 is 27.1 Å². The van der Waals surface area contributed by atoms with Crippen molar-refractivity contribution in [2.24, 2.45) is 0 Å². The van der Waals surface area contributed by atoms with Crippen LogP contribution in [0.2, 0.25) is 5.02 Å². The topological polar surface area (TPSA) is 23.5 Å². The van der Waals surface area contributed by atoms with Gasteiger partial charge in [-0.05, 0) is 80.1 Å². The summed E-state index contributed by atoms with van der Waals surface area (Å²) in [6, 6.07) is 12.6. The number of hydrogen-bond acceptors (Lipinski definition) is 2. The van der Waals surface area contributed by atoms with Crippen molar-refractivity contribution in [3.8, 4) is 0 Å². The van der Waals surface area contributed by atoms with E-state index < -0.39 is 28.1 Å². The molecule has 0 aliphatic carbocycles. The molecule has 8 heteroatoms. The van der Waals surface area contributed by atoms with E-state index in [0.29, 0.717) is 19.6 Å². The summed E-state index contributed by atoms with van der Waals surface area (Å²) in [4.78, 5) is 2.14. The lowest BCUT2D eigenvalue weighted by molar-refractivity contribution is -0.0270. The molecular weight excluding hydrogens is 497 g/mol. The summed E-state index contributed by atoms with van der Waals surface area (Å²) in [5, 5.41) is 10.6. The first-order chi connectivity index (χ1) is 17.1. The summed E-state index contributed by atoms with van der Waals surface area (Å²) >= 11 is 5.99. The second-order valence-electron chi connectivity index (χ2n) is 9.43. The SMILES string of the molecule is Cc1c(F)c(F)c(F)c(Cl)c1C1(O)CCN(CCCC(c2ccc(F)cc2)c2ccc(F)cc2)CC1. The predicted molar refractivity (Wildman–Crippen MR) is 130 cm³/mol. The zero-order valence-corrected chi connectivity index (χ0v) is 20.6. The van der Waals surface area contributed by atoms with Gasteiger partial charge < -0.3 is 10.0 Å². The molecular formula is C28H27ClF5NO. The standard InChI is InChI=1S/C28H27ClF5NO/c1-17-23(24(29)26(33)27(34)25(17)32)28(36)12-15-35(16-13-28)14-2-3-22(18-4-8-20(30)9-5-18)19-6-10-21(31)11-7-19/h4-11,22,36H,2-3,12-16H2,1H3. The number of hydrogen-bond donors (Lipinski definition) is 1. The summed E-state index contributed by atoms with van der Waals surface area (Å²) in [6.45, 7) is 2.91. The van der Waals surface area contributed by atoms with E-state index in [2.05, 4.69) is 4.90 Å². The highest BCUT2D eigenvalue weighted by molar-refractivity contribution is 6.31. The van der Waals surface area contributed by atoms with Crippen LogP contribution >= 0.6 is 11.6 Å². The van der Waals surface area contributed by atoms with Crippen LogP contribution < -0.4 is 0 Å². The zero-order chi connectivity index (χ0) is 26.0. The van der Waals surface area contributed by atoms with Gasteiger partial charge in [0.05, 0.1) is 10.6 Å². The fourth-order valence-electron chi connectivity index (χ4n) is 5.13. The van der Waals surface area contributed by atoms with Crippen molar-refractivity contribution in [1.29, 1.82) is 0 Å². The van der Waals surface area contributed by atoms with Gasteiger partial charge in [-0.3, -0.25) is 0 Å². The number of rotatable bonds is 7. The molecule has 0 atom stereocenters. The smallest absolute Gasteiger partial charge is 0.196 e. The largest absolute Gasteiger partial charge is 0.385 e. The molecule has 1 N–H and O–H groups in total. The summed E-state index contributed by atoms with van der Waals surface area (Å²) < 4.78 is 68.9. The van der Waals surface area contributed by atoms with Gasteiger partial charge in [0, 0.05) is 24.6 Å². The van der Waals surface area contributed by atoms with Crippen LogP contribution in [0, 0.1) is 36.0 Å². The fraction of sp³-hybridized carbons (Fsp3) is 0.357. The molecule has 1 heterocycles.